The van der Waals surface area contributed by atoms with Gasteiger partial charge in [0.25, 0.3) is 0 Å². The number of aromatic nitrogens is 3. The highest BCUT2D eigenvalue weighted by Gasteiger charge is 2.29. The first-order chi connectivity index (χ1) is 12.3. The largest absolute Gasteiger partial charge is 0.337 e. The van der Waals surface area contributed by atoms with Gasteiger partial charge in [-0.2, -0.15) is 4.98 Å². The highest BCUT2D eigenvalue weighted by molar-refractivity contribution is 5.52. The molecule has 6 heteroatoms. The molecule has 1 aliphatic heterocycles. The molecule has 25 heavy (non-hydrogen) atoms. The van der Waals surface area contributed by atoms with Crippen molar-refractivity contribution in [1.29, 1.82) is 0 Å². The molecule has 1 aromatic carbocycles. The maximum absolute atomic E-state index is 14.0. The second kappa shape index (κ2) is 7.11. The second-order valence-electron chi connectivity index (χ2n) is 6.27. The lowest BCUT2D eigenvalue weighted by Gasteiger charge is -2.33. The Morgan fingerprint density at radius 2 is 1.96 bits per heavy atom. The summed E-state index contributed by atoms with van der Waals surface area (Å²) >= 11 is 0. The molecule has 0 amide bonds. The van der Waals surface area contributed by atoms with Crippen LogP contribution in [0.3, 0.4) is 0 Å². The smallest absolute Gasteiger partial charge is 0.244 e. The number of hydrogen-bond donors (Lipinski definition) is 0. The van der Waals surface area contributed by atoms with E-state index >= 15 is 0 Å². The second-order valence-corrected chi connectivity index (χ2v) is 6.27. The van der Waals surface area contributed by atoms with Crippen LogP contribution in [0.15, 0.2) is 53.3 Å². The van der Waals surface area contributed by atoms with Crippen LogP contribution >= 0.6 is 0 Å². The first-order valence-corrected chi connectivity index (χ1v) is 8.53. The van der Waals surface area contributed by atoms with Crippen LogP contribution in [0, 0.1) is 5.82 Å². The molecule has 0 radical (unpaired) electrons. The minimum atomic E-state index is -0.171. The van der Waals surface area contributed by atoms with Gasteiger partial charge in [-0.05, 0) is 37.6 Å². The van der Waals surface area contributed by atoms with Crippen molar-refractivity contribution >= 4 is 0 Å². The average molecular weight is 338 g/mol. The van der Waals surface area contributed by atoms with Crippen molar-refractivity contribution in [3.8, 4) is 11.4 Å². The SMILES string of the molecule is Fc1ccccc1CN1CCCC[C@H]1c1nc(-c2ccncc2)no1. The van der Waals surface area contributed by atoms with Gasteiger partial charge in [-0.3, -0.25) is 9.88 Å². The Balaban J connectivity index is 1.57. The molecule has 1 atom stereocenters. The highest BCUT2D eigenvalue weighted by atomic mass is 19.1. The zero-order valence-electron chi connectivity index (χ0n) is 13.8. The number of rotatable bonds is 4. The Kier molecular flexibility index (Phi) is 4.52. The minimum Gasteiger partial charge on any atom is -0.337 e. The fourth-order valence-electron chi connectivity index (χ4n) is 3.29. The van der Waals surface area contributed by atoms with Crippen molar-refractivity contribution < 1.29 is 8.91 Å². The van der Waals surface area contributed by atoms with E-state index < -0.39 is 0 Å². The van der Waals surface area contributed by atoms with Gasteiger partial charge in [-0.15, -0.1) is 0 Å². The molecular weight excluding hydrogens is 319 g/mol. The van der Waals surface area contributed by atoms with Gasteiger partial charge in [0.2, 0.25) is 11.7 Å². The number of halogens is 1. The third-order valence-electron chi connectivity index (χ3n) is 4.61. The van der Waals surface area contributed by atoms with Gasteiger partial charge in [0.15, 0.2) is 0 Å². The summed E-state index contributed by atoms with van der Waals surface area (Å²) in [7, 11) is 0. The number of nitrogens with zero attached hydrogens (tertiary/aromatic N) is 4. The number of benzene rings is 1. The van der Waals surface area contributed by atoms with Crippen LogP contribution in [0.2, 0.25) is 0 Å². The van der Waals surface area contributed by atoms with Crippen molar-refractivity contribution in [2.75, 3.05) is 6.54 Å². The summed E-state index contributed by atoms with van der Waals surface area (Å²) in [6, 6.07) is 10.6. The van der Waals surface area contributed by atoms with Gasteiger partial charge in [0.1, 0.15) is 5.82 Å². The zero-order chi connectivity index (χ0) is 17.1. The monoisotopic (exact) mass is 338 g/mol. The van der Waals surface area contributed by atoms with Crippen molar-refractivity contribution in [1.82, 2.24) is 20.0 Å². The summed E-state index contributed by atoms with van der Waals surface area (Å²) in [4.78, 5) is 10.8. The molecule has 1 aliphatic rings. The quantitative estimate of drug-likeness (QED) is 0.720. The van der Waals surface area contributed by atoms with Crippen LogP contribution in [0.25, 0.3) is 11.4 Å². The Labute approximate surface area is 145 Å². The summed E-state index contributed by atoms with van der Waals surface area (Å²) in [5.41, 5.74) is 1.57. The van der Waals surface area contributed by atoms with Crippen LogP contribution < -0.4 is 0 Å². The molecule has 3 aromatic rings. The molecule has 0 unspecified atom stereocenters. The van der Waals surface area contributed by atoms with E-state index in [1.165, 1.54) is 6.07 Å². The molecule has 2 aromatic heterocycles. The van der Waals surface area contributed by atoms with Crippen molar-refractivity contribution in [2.24, 2.45) is 0 Å². The van der Waals surface area contributed by atoms with Crippen LogP contribution in [0.5, 0.6) is 0 Å². The minimum absolute atomic E-state index is 0.0245. The van der Waals surface area contributed by atoms with Gasteiger partial charge in [0.05, 0.1) is 6.04 Å². The van der Waals surface area contributed by atoms with E-state index in [0.29, 0.717) is 23.8 Å². The molecule has 0 aliphatic carbocycles. The third-order valence-corrected chi connectivity index (χ3v) is 4.61. The van der Waals surface area contributed by atoms with E-state index in [-0.39, 0.29) is 11.9 Å². The molecule has 4 rings (SSSR count). The molecular formula is C19H19FN4O. The first-order valence-electron chi connectivity index (χ1n) is 8.53. The highest BCUT2D eigenvalue weighted by Crippen LogP contribution is 2.32. The van der Waals surface area contributed by atoms with Crippen LogP contribution in [0.4, 0.5) is 4.39 Å². The van der Waals surface area contributed by atoms with E-state index in [1.54, 1.807) is 18.5 Å². The predicted octanol–water partition coefficient (Wildman–Crippen LogP) is 4.00. The topological polar surface area (TPSA) is 55.1 Å². The van der Waals surface area contributed by atoms with E-state index in [4.69, 9.17) is 4.52 Å². The Hall–Kier alpha value is -2.60. The lowest BCUT2D eigenvalue weighted by molar-refractivity contribution is 0.110. The molecule has 1 saturated heterocycles. The Bertz CT molecular complexity index is 836. The van der Waals surface area contributed by atoms with Crippen molar-refractivity contribution in [2.45, 2.75) is 31.8 Å². The summed E-state index contributed by atoms with van der Waals surface area (Å²) in [6.07, 6.45) is 6.54. The van der Waals surface area contributed by atoms with E-state index in [9.17, 15) is 4.39 Å². The van der Waals surface area contributed by atoms with Gasteiger partial charge < -0.3 is 4.52 Å². The molecule has 0 N–H and O–H groups in total. The van der Waals surface area contributed by atoms with Gasteiger partial charge in [-0.1, -0.05) is 29.8 Å². The summed E-state index contributed by atoms with van der Waals surface area (Å²) in [5, 5.41) is 4.11. The fraction of sp³-hybridized carbons (Fsp3) is 0.316. The number of likely N-dealkylation sites (tertiary alicyclic amines) is 1. The van der Waals surface area contributed by atoms with Crippen LogP contribution in [-0.2, 0) is 6.54 Å². The first kappa shape index (κ1) is 15.9. The Morgan fingerprint density at radius 1 is 1.12 bits per heavy atom. The fourth-order valence-corrected chi connectivity index (χ4v) is 3.29. The molecule has 5 nitrogen and oxygen atoms in total. The normalized spacial score (nSPS) is 18.4. The molecule has 0 bridgehead atoms. The van der Waals surface area contributed by atoms with Crippen molar-refractivity contribution in [3.05, 3.63) is 66.1 Å². The number of hydrogen-bond acceptors (Lipinski definition) is 5. The molecule has 3 heterocycles. The number of pyridine rings is 1. The van der Waals surface area contributed by atoms with Crippen LogP contribution in [0.1, 0.15) is 36.8 Å². The maximum Gasteiger partial charge on any atom is 0.244 e. The summed E-state index contributed by atoms with van der Waals surface area (Å²) < 4.78 is 19.6. The average Bonchev–Trinajstić information content (AvgIpc) is 3.15. The van der Waals surface area contributed by atoms with Crippen LogP contribution in [-0.4, -0.2) is 26.6 Å². The van der Waals surface area contributed by atoms with Crippen molar-refractivity contribution in [3.63, 3.8) is 0 Å². The van der Waals surface area contributed by atoms with Gasteiger partial charge in [0, 0.05) is 30.1 Å². The van der Waals surface area contributed by atoms with E-state index in [2.05, 4.69) is 20.0 Å². The van der Waals surface area contributed by atoms with Gasteiger partial charge >= 0.3 is 0 Å². The number of piperidine rings is 1. The molecule has 0 saturated carbocycles. The predicted molar refractivity (Wildman–Crippen MR) is 90.9 cm³/mol. The van der Waals surface area contributed by atoms with Gasteiger partial charge in [-0.25, -0.2) is 4.39 Å². The standard InChI is InChI=1S/C19H19FN4O/c20-16-6-2-1-5-15(16)13-24-12-4-3-7-17(24)19-22-18(23-25-19)14-8-10-21-11-9-14/h1-2,5-6,8-11,17H,3-4,7,12-13H2/t17-/m0/s1. The maximum atomic E-state index is 14.0. The zero-order valence-corrected chi connectivity index (χ0v) is 13.8. The Morgan fingerprint density at radius 3 is 2.80 bits per heavy atom. The van der Waals surface area contributed by atoms with E-state index in [1.807, 2.05) is 24.3 Å². The summed E-state index contributed by atoms with van der Waals surface area (Å²) in [6.45, 7) is 1.44. The third kappa shape index (κ3) is 3.44. The molecule has 1 fully saturated rings. The lowest BCUT2D eigenvalue weighted by Crippen LogP contribution is -2.33. The lowest BCUT2D eigenvalue weighted by atomic mass is 10.0. The molecule has 0 spiro atoms. The van der Waals surface area contributed by atoms with E-state index in [0.717, 1.165) is 31.4 Å². The molecule has 128 valence electrons. The summed E-state index contributed by atoms with van der Waals surface area (Å²) in [5.74, 6) is 0.992.